The summed E-state index contributed by atoms with van der Waals surface area (Å²) in [5, 5.41) is 12.7. The van der Waals surface area contributed by atoms with E-state index < -0.39 is 5.91 Å². The molecule has 0 radical (unpaired) electrons. The van der Waals surface area contributed by atoms with Crippen LogP contribution in [0.15, 0.2) is 66.2 Å². The van der Waals surface area contributed by atoms with Crippen molar-refractivity contribution in [2.24, 2.45) is 0 Å². The first-order chi connectivity index (χ1) is 16.4. The molecule has 0 saturated heterocycles. The van der Waals surface area contributed by atoms with Crippen LogP contribution < -0.4 is 14.8 Å². The second kappa shape index (κ2) is 11.9. The van der Waals surface area contributed by atoms with E-state index in [2.05, 4.69) is 12.2 Å². The topological polar surface area (TPSA) is 71.3 Å². The molecule has 0 spiro atoms. The van der Waals surface area contributed by atoms with Crippen LogP contribution in [0.2, 0.25) is 5.02 Å². The molecule has 0 bridgehead atoms. The fourth-order valence-electron chi connectivity index (χ4n) is 3.37. The zero-order chi connectivity index (χ0) is 24.5. The third kappa shape index (κ3) is 6.63. The molecular formula is C28H27ClN2O3. The van der Waals surface area contributed by atoms with Crippen molar-refractivity contribution < 1.29 is 14.3 Å². The van der Waals surface area contributed by atoms with Gasteiger partial charge in [0.25, 0.3) is 5.91 Å². The maximum Gasteiger partial charge on any atom is 0.266 e. The standard InChI is InChI=1S/C28H27ClN2O3/c1-4-20-9-11-24(12-10-20)31-28(32)23(17-30)14-22-15-25(29)27(26(16-22)33-5-2)34-18-21-8-6-7-19(3)13-21/h6-16H,4-5,18H2,1-3H3,(H,31,32)/b23-14+. The summed E-state index contributed by atoms with van der Waals surface area (Å²) in [6.07, 6.45) is 2.39. The second-order valence-corrected chi connectivity index (χ2v) is 8.12. The van der Waals surface area contributed by atoms with E-state index in [1.807, 2.05) is 68.4 Å². The van der Waals surface area contributed by atoms with Crippen molar-refractivity contribution in [1.82, 2.24) is 0 Å². The van der Waals surface area contributed by atoms with E-state index in [1.165, 1.54) is 6.08 Å². The van der Waals surface area contributed by atoms with Crippen LogP contribution in [-0.2, 0) is 17.8 Å². The molecule has 0 aliphatic heterocycles. The maximum absolute atomic E-state index is 12.7. The van der Waals surface area contributed by atoms with E-state index >= 15 is 0 Å². The van der Waals surface area contributed by atoms with Crippen LogP contribution in [-0.4, -0.2) is 12.5 Å². The number of carbonyl (C=O) groups is 1. The highest BCUT2D eigenvalue weighted by atomic mass is 35.5. The molecule has 0 unspecified atom stereocenters. The zero-order valence-corrected chi connectivity index (χ0v) is 20.3. The lowest BCUT2D eigenvalue weighted by Gasteiger charge is -2.15. The van der Waals surface area contributed by atoms with E-state index in [-0.39, 0.29) is 5.57 Å². The molecule has 1 N–H and O–H groups in total. The molecule has 5 nitrogen and oxygen atoms in total. The lowest BCUT2D eigenvalue weighted by atomic mass is 10.1. The monoisotopic (exact) mass is 474 g/mol. The normalized spacial score (nSPS) is 11.0. The summed E-state index contributed by atoms with van der Waals surface area (Å²) >= 11 is 6.51. The Kier molecular flexibility index (Phi) is 8.73. The summed E-state index contributed by atoms with van der Waals surface area (Å²) in [4.78, 5) is 12.7. The minimum atomic E-state index is -0.499. The van der Waals surface area contributed by atoms with E-state index in [9.17, 15) is 10.1 Å². The minimum absolute atomic E-state index is 0.0495. The van der Waals surface area contributed by atoms with Gasteiger partial charge >= 0.3 is 0 Å². The molecule has 0 fully saturated rings. The van der Waals surface area contributed by atoms with Crippen molar-refractivity contribution in [2.45, 2.75) is 33.8 Å². The van der Waals surface area contributed by atoms with Crippen LogP contribution in [0.4, 0.5) is 5.69 Å². The van der Waals surface area contributed by atoms with Gasteiger partial charge < -0.3 is 14.8 Å². The minimum Gasteiger partial charge on any atom is -0.490 e. The van der Waals surface area contributed by atoms with Crippen LogP contribution in [0.5, 0.6) is 11.5 Å². The second-order valence-electron chi connectivity index (χ2n) is 7.72. The number of nitrogens with one attached hydrogen (secondary N) is 1. The third-order valence-electron chi connectivity index (χ3n) is 5.09. The molecular weight excluding hydrogens is 448 g/mol. The number of nitrogens with zero attached hydrogens (tertiary/aromatic N) is 1. The van der Waals surface area contributed by atoms with Crippen molar-refractivity contribution in [3.63, 3.8) is 0 Å². The summed E-state index contributed by atoms with van der Waals surface area (Å²) in [7, 11) is 0. The Hall–Kier alpha value is -3.75. The molecule has 3 rings (SSSR count). The van der Waals surface area contributed by atoms with Gasteiger partial charge in [0.2, 0.25) is 0 Å². The average molecular weight is 475 g/mol. The average Bonchev–Trinajstić information content (AvgIpc) is 2.82. The van der Waals surface area contributed by atoms with Crippen LogP contribution in [0.3, 0.4) is 0 Å². The fourth-order valence-corrected chi connectivity index (χ4v) is 3.64. The van der Waals surface area contributed by atoms with Crippen LogP contribution >= 0.6 is 11.6 Å². The van der Waals surface area contributed by atoms with Gasteiger partial charge in [0.15, 0.2) is 11.5 Å². The number of benzene rings is 3. The number of hydrogen-bond donors (Lipinski definition) is 1. The smallest absolute Gasteiger partial charge is 0.266 e. The Morgan fingerprint density at radius 1 is 1.06 bits per heavy atom. The van der Waals surface area contributed by atoms with E-state index in [0.717, 1.165) is 23.1 Å². The van der Waals surface area contributed by atoms with Gasteiger partial charge in [0.05, 0.1) is 11.6 Å². The molecule has 0 heterocycles. The molecule has 0 aliphatic rings. The molecule has 1 amide bonds. The molecule has 6 heteroatoms. The molecule has 0 aliphatic carbocycles. The number of amides is 1. The predicted molar refractivity (Wildman–Crippen MR) is 136 cm³/mol. The first kappa shape index (κ1) is 24.9. The first-order valence-electron chi connectivity index (χ1n) is 11.1. The highest BCUT2D eigenvalue weighted by molar-refractivity contribution is 6.32. The van der Waals surface area contributed by atoms with Gasteiger partial charge in [-0.3, -0.25) is 4.79 Å². The van der Waals surface area contributed by atoms with Gasteiger partial charge in [-0.15, -0.1) is 0 Å². The van der Waals surface area contributed by atoms with Crippen LogP contribution in [0.1, 0.15) is 36.1 Å². The molecule has 0 saturated carbocycles. The molecule has 3 aromatic carbocycles. The summed E-state index contributed by atoms with van der Waals surface area (Å²) in [5.74, 6) is 0.364. The lowest BCUT2D eigenvalue weighted by molar-refractivity contribution is -0.112. The number of hydrogen-bond acceptors (Lipinski definition) is 4. The zero-order valence-electron chi connectivity index (χ0n) is 19.5. The summed E-state index contributed by atoms with van der Waals surface area (Å²) in [6.45, 7) is 6.68. The summed E-state index contributed by atoms with van der Waals surface area (Å²) < 4.78 is 11.7. The molecule has 3 aromatic rings. The van der Waals surface area contributed by atoms with E-state index in [1.54, 1.807) is 12.1 Å². The van der Waals surface area contributed by atoms with Gasteiger partial charge in [-0.1, -0.05) is 60.5 Å². The van der Waals surface area contributed by atoms with Crippen molar-refractivity contribution in [3.05, 3.63) is 93.5 Å². The molecule has 0 aromatic heterocycles. The van der Waals surface area contributed by atoms with Crippen molar-refractivity contribution in [3.8, 4) is 17.6 Å². The highest BCUT2D eigenvalue weighted by Crippen LogP contribution is 2.38. The van der Waals surface area contributed by atoms with E-state index in [0.29, 0.717) is 41.0 Å². The number of ether oxygens (including phenoxy) is 2. The lowest BCUT2D eigenvalue weighted by Crippen LogP contribution is -2.13. The Morgan fingerprint density at radius 3 is 2.47 bits per heavy atom. The number of anilines is 1. The number of carbonyl (C=O) groups excluding carboxylic acids is 1. The van der Waals surface area contributed by atoms with Crippen molar-refractivity contribution in [2.75, 3.05) is 11.9 Å². The largest absolute Gasteiger partial charge is 0.490 e. The molecule has 174 valence electrons. The molecule has 0 atom stereocenters. The van der Waals surface area contributed by atoms with Gasteiger partial charge in [0.1, 0.15) is 18.2 Å². The predicted octanol–water partition coefficient (Wildman–Crippen LogP) is 6.73. The molecule has 34 heavy (non-hydrogen) atoms. The SMILES string of the molecule is CCOc1cc(/C=C(\C#N)C(=O)Nc2ccc(CC)cc2)cc(Cl)c1OCc1cccc(C)c1. The first-order valence-corrected chi connectivity index (χ1v) is 11.5. The number of nitriles is 1. The van der Waals surface area contributed by atoms with Gasteiger partial charge in [-0.2, -0.15) is 5.26 Å². The Bertz CT molecular complexity index is 1230. The van der Waals surface area contributed by atoms with Crippen molar-refractivity contribution in [1.29, 1.82) is 5.26 Å². The number of aryl methyl sites for hydroxylation is 2. The third-order valence-corrected chi connectivity index (χ3v) is 5.37. The summed E-state index contributed by atoms with van der Waals surface area (Å²) in [6, 6.07) is 20.8. The van der Waals surface area contributed by atoms with Crippen molar-refractivity contribution >= 4 is 29.3 Å². The Labute approximate surface area is 205 Å². The van der Waals surface area contributed by atoms with Gasteiger partial charge in [0, 0.05) is 5.69 Å². The van der Waals surface area contributed by atoms with Crippen LogP contribution in [0, 0.1) is 18.3 Å². The highest BCUT2D eigenvalue weighted by Gasteiger charge is 2.15. The fraction of sp³-hybridized carbons (Fsp3) is 0.214. The van der Waals surface area contributed by atoms with E-state index in [4.69, 9.17) is 21.1 Å². The summed E-state index contributed by atoms with van der Waals surface area (Å²) in [5.41, 5.74) is 4.45. The maximum atomic E-state index is 12.7. The Morgan fingerprint density at radius 2 is 1.82 bits per heavy atom. The van der Waals surface area contributed by atoms with Gasteiger partial charge in [-0.05, 0) is 67.3 Å². The quantitative estimate of drug-likeness (QED) is 0.275. The Balaban J connectivity index is 1.82. The number of rotatable bonds is 9. The van der Waals surface area contributed by atoms with Gasteiger partial charge in [-0.25, -0.2) is 0 Å². The van der Waals surface area contributed by atoms with Crippen LogP contribution in [0.25, 0.3) is 6.08 Å². The number of halogens is 1.